The molecule has 2 atom stereocenters. The van der Waals surface area contributed by atoms with Crippen molar-refractivity contribution in [3.05, 3.63) is 0 Å². The van der Waals surface area contributed by atoms with Gasteiger partial charge in [-0.1, -0.05) is 13.8 Å². The van der Waals surface area contributed by atoms with Crippen LogP contribution < -0.4 is 0 Å². The summed E-state index contributed by atoms with van der Waals surface area (Å²) in [5.41, 5.74) is 0. The van der Waals surface area contributed by atoms with Gasteiger partial charge in [0, 0.05) is 31.7 Å². The number of thioether (sulfide) groups is 1. The molecule has 0 aliphatic rings. The van der Waals surface area contributed by atoms with Crippen molar-refractivity contribution in [2.24, 2.45) is 5.92 Å². The van der Waals surface area contributed by atoms with Crippen molar-refractivity contribution in [1.29, 1.82) is 0 Å². The van der Waals surface area contributed by atoms with Crippen molar-refractivity contribution in [1.82, 2.24) is 4.90 Å². The summed E-state index contributed by atoms with van der Waals surface area (Å²) in [6.07, 6.45) is 3.32. The number of nitrogens with zero attached hydrogens (tertiary/aromatic N) is 1. The van der Waals surface area contributed by atoms with Crippen molar-refractivity contribution in [2.75, 3.05) is 19.1 Å². The van der Waals surface area contributed by atoms with Crippen LogP contribution in [0.25, 0.3) is 0 Å². The second kappa shape index (κ2) is 8.39. The number of aliphatic carboxylic acids is 1. The van der Waals surface area contributed by atoms with E-state index in [9.17, 15) is 9.59 Å². The van der Waals surface area contributed by atoms with Crippen LogP contribution in [0.1, 0.15) is 33.1 Å². The molecule has 0 aliphatic carbocycles. The first-order valence-corrected chi connectivity index (χ1v) is 7.28. The highest BCUT2D eigenvalue weighted by molar-refractivity contribution is 7.98. The van der Waals surface area contributed by atoms with E-state index in [0.717, 1.165) is 12.2 Å². The zero-order valence-electron chi connectivity index (χ0n) is 11.1. The van der Waals surface area contributed by atoms with Crippen LogP contribution in [0.5, 0.6) is 0 Å². The van der Waals surface area contributed by atoms with E-state index in [1.165, 1.54) is 0 Å². The number of hydrogen-bond acceptors (Lipinski definition) is 3. The molecule has 2 unspecified atom stereocenters. The summed E-state index contributed by atoms with van der Waals surface area (Å²) in [6.45, 7) is 3.86. The minimum Gasteiger partial charge on any atom is -0.481 e. The first kappa shape index (κ1) is 16.3. The van der Waals surface area contributed by atoms with E-state index < -0.39 is 5.97 Å². The van der Waals surface area contributed by atoms with Gasteiger partial charge in [-0.3, -0.25) is 9.59 Å². The molecule has 5 heteroatoms. The maximum absolute atomic E-state index is 11.9. The van der Waals surface area contributed by atoms with E-state index >= 15 is 0 Å². The number of carboxylic acids is 1. The van der Waals surface area contributed by atoms with E-state index in [0.29, 0.717) is 6.42 Å². The predicted octanol–water partition coefficient (Wildman–Crippen LogP) is 2.09. The fourth-order valence-corrected chi connectivity index (χ4v) is 2.56. The molecule has 17 heavy (non-hydrogen) atoms. The first-order chi connectivity index (χ1) is 7.92. The maximum Gasteiger partial charge on any atom is 0.303 e. The Labute approximate surface area is 108 Å². The van der Waals surface area contributed by atoms with Gasteiger partial charge in [-0.2, -0.15) is 11.8 Å². The molecule has 0 aromatic carbocycles. The van der Waals surface area contributed by atoms with Crippen LogP contribution in [-0.4, -0.2) is 47.0 Å². The third-order valence-electron chi connectivity index (χ3n) is 2.82. The summed E-state index contributed by atoms with van der Waals surface area (Å²) in [7, 11) is 1.81. The lowest BCUT2D eigenvalue weighted by Crippen LogP contribution is -2.39. The predicted molar refractivity (Wildman–Crippen MR) is 71.3 cm³/mol. The number of carbonyl (C=O) groups is 2. The van der Waals surface area contributed by atoms with Crippen molar-refractivity contribution < 1.29 is 14.7 Å². The van der Waals surface area contributed by atoms with Gasteiger partial charge in [-0.05, 0) is 18.6 Å². The van der Waals surface area contributed by atoms with Crippen molar-refractivity contribution in [2.45, 2.75) is 39.2 Å². The van der Waals surface area contributed by atoms with E-state index in [1.807, 2.05) is 6.26 Å². The molecule has 1 amide bonds. The Kier molecular flexibility index (Phi) is 8.04. The van der Waals surface area contributed by atoms with Gasteiger partial charge in [-0.15, -0.1) is 0 Å². The lowest BCUT2D eigenvalue weighted by atomic mass is 10.0. The zero-order valence-corrected chi connectivity index (χ0v) is 11.9. The molecule has 0 saturated carbocycles. The normalized spacial score (nSPS) is 14.1. The van der Waals surface area contributed by atoms with Gasteiger partial charge in [0.1, 0.15) is 0 Å². The van der Waals surface area contributed by atoms with Crippen molar-refractivity contribution in [3.8, 4) is 0 Å². The Morgan fingerprint density at radius 2 is 1.94 bits per heavy atom. The SMILES string of the molecule is CCC(CSC)N(C)C(=O)CC(C)CC(=O)O. The molecule has 0 heterocycles. The molecule has 4 nitrogen and oxygen atoms in total. The molecular formula is C12H23NO3S. The Hall–Kier alpha value is -0.710. The van der Waals surface area contributed by atoms with E-state index in [1.54, 1.807) is 30.6 Å². The van der Waals surface area contributed by atoms with Gasteiger partial charge in [-0.25, -0.2) is 0 Å². The molecule has 1 N–H and O–H groups in total. The van der Waals surface area contributed by atoms with Crippen LogP contribution in [0.3, 0.4) is 0 Å². The summed E-state index contributed by atoms with van der Waals surface area (Å²) in [4.78, 5) is 24.2. The average molecular weight is 261 g/mol. The highest BCUT2D eigenvalue weighted by atomic mass is 32.2. The number of carboxylic acid groups (broad SMARTS) is 1. The van der Waals surface area contributed by atoms with Crippen LogP contribution in [0.4, 0.5) is 0 Å². The highest BCUT2D eigenvalue weighted by Crippen LogP contribution is 2.14. The van der Waals surface area contributed by atoms with Crippen LogP contribution in [0.15, 0.2) is 0 Å². The molecule has 0 radical (unpaired) electrons. The minimum atomic E-state index is -0.843. The van der Waals surface area contributed by atoms with Gasteiger partial charge in [0.25, 0.3) is 0 Å². The van der Waals surface area contributed by atoms with E-state index in [-0.39, 0.29) is 24.3 Å². The molecule has 0 aromatic heterocycles. The summed E-state index contributed by atoms with van der Waals surface area (Å²) in [5.74, 6) is 0.0180. The molecule has 0 saturated heterocycles. The lowest BCUT2D eigenvalue weighted by molar-refractivity contribution is -0.138. The minimum absolute atomic E-state index is 0.0413. The van der Waals surface area contributed by atoms with Gasteiger partial charge in [0.2, 0.25) is 5.91 Å². The molecule has 0 aromatic rings. The lowest BCUT2D eigenvalue weighted by Gasteiger charge is -2.27. The molecule has 0 rings (SSSR count). The first-order valence-electron chi connectivity index (χ1n) is 5.88. The largest absolute Gasteiger partial charge is 0.481 e. The molecule has 0 bridgehead atoms. The second-order valence-corrected chi connectivity index (χ2v) is 5.34. The molecule has 0 aliphatic heterocycles. The van der Waals surface area contributed by atoms with Crippen LogP contribution in [-0.2, 0) is 9.59 Å². The van der Waals surface area contributed by atoms with Gasteiger partial charge >= 0.3 is 5.97 Å². The highest BCUT2D eigenvalue weighted by Gasteiger charge is 2.20. The summed E-state index contributed by atoms with van der Waals surface area (Å²) in [6, 6.07) is 0.245. The Morgan fingerprint density at radius 1 is 1.35 bits per heavy atom. The number of hydrogen-bond donors (Lipinski definition) is 1. The third-order valence-corrected chi connectivity index (χ3v) is 3.54. The van der Waals surface area contributed by atoms with E-state index in [4.69, 9.17) is 5.11 Å². The molecule has 0 spiro atoms. The van der Waals surface area contributed by atoms with E-state index in [2.05, 4.69) is 6.92 Å². The number of amides is 1. The standard InChI is InChI=1S/C12H23NO3S/c1-5-10(8-17-4)13(3)11(14)6-9(2)7-12(15)16/h9-10H,5-8H2,1-4H3,(H,15,16). The Morgan fingerprint density at radius 3 is 2.35 bits per heavy atom. The summed E-state index contributed by atoms with van der Waals surface area (Å²) in [5, 5.41) is 8.65. The number of rotatable bonds is 8. The average Bonchev–Trinajstić information content (AvgIpc) is 2.23. The van der Waals surface area contributed by atoms with Crippen LogP contribution in [0, 0.1) is 5.92 Å². The van der Waals surface area contributed by atoms with Crippen LogP contribution in [0.2, 0.25) is 0 Å². The Balaban J connectivity index is 4.24. The summed E-state index contributed by atoms with van der Waals surface area (Å²) < 4.78 is 0. The van der Waals surface area contributed by atoms with Gasteiger partial charge < -0.3 is 10.0 Å². The fraction of sp³-hybridized carbons (Fsp3) is 0.833. The van der Waals surface area contributed by atoms with Gasteiger partial charge in [0.05, 0.1) is 0 Å². The van der Waals surface area contributed by atoms with Crippen molar-refractivity contribution in [3.63, 3.8) is 0 Å². The third kappa shape index (κ3) is 6.56. The number of carbonyl (C=O) groups excluding carboxylic acids is 1. The molecule has 0 fully saturated rings. The summed E-state index contributed by atoms with van der Waals surface area (Å²) >= 11 is 1.72. The smallest absolute Gasteiger partial charge is 0.303 e. The maximum atomic E-state index is 11.9. The molecule has 100 valence electrons. The Bertz CT molecular complexity index is 258. The van der Waals surface area contributed by atoms with Crippen molar-refractivity contribution >= 4 is 23.6 Å². The molecular weight excluding hydrogens is 238 g/mol. The topological polar surface area (TPSA) is 57.6 Å². The fourth-order valence-electron chi connectivity index (χ4n) is 1.71. The van der Waals surface area contributed by atoms with Gasteiger partial charge in [0.15, 0.2) is 0 Å². The van der Waals surface area contributed by atoms with Crippen LogP contribution >= 0.6 is 11.8 Å². The monoisotopic (exact) mass is 261 g/mol. The quantitative estimate of drug-likeness (QED) is 0.727. The second-order valence-electron chi connectivity index (χ2n) is 4.43. The zero-order chi connectivity index (χ0) is 13.4.